The van der Waals surface area contributed by atoms with Gasteiger partial charge in [-0.25, -0.2) is 0 Å². The molecule has 14 heavy (non-hydrogen) atoms. The summed E-state index contributed by atoms with van der Waals surface area (Å²) in [5, 5.41) is 0. The molecule has 0 aliphatic heterocycles. The predicted molar refractivity (Wildman–Crippen MR) is 51.6 cm³/mol. The summed E-state index contributed by atoms with van der Waals surface area (Å²) in [6.07, 6.45) is 7.51. The Kier molecular flexibility index (Phi) is 1.55. The lowest BCUT2D eigenvalue weighted by molar-refractivity contribution is -0.115. The molecule has 3 rings (SSSR count). The fraction of sp³-hybridized carbons (Fsp3) is 0.500. The second-order valence-electron chi connectivity index (χ2n) is 4.48. The van der Waals surface area contributed by atoms with Crippen molar-refractivity contribution in [2.45, 2.75) is 25.7 Å². The van der Waals surface area contributed by atoms with Crippen molar-refractivity contribution in [2.24, 2.45) is 11.8 Å². The highest BCUT2D eigenvalue weighted by molar-refractivity contribution is 6.20. The van der Waals surface area contributed by atoms with Crippen molar-refractivity contribution in [1.29, 1.82) is 0 Å². The van der Waals surface area contributed by atoms with Crippen molar-refractivity contribution >= 4 is 11.6 Å². The maximum absolute atomic E-state index is 11.7. The first-order valence-corrected chi connectivity index (χ1v) is 5.27. The first-order valence-electron chi connectivity index (χ1n) is 5.27. The molecule has 0 amide bonds. The highest BCUT2D eigenvalue weighted by Crippen LogP contribution is 2.42. The third kappa shape index (κ3) is 1.26. The van der Waals surface area contributed by atoms with E-state index in [9.17, 15) is 9.59 Å². The second-order valence-corrected chi connectivity index (χ2v) is 4.48. The average Bonchev–Trinajstić information content (AvgIpc) is 3.03. The van der Waals surface area contributed by atoms with Crippen molar-refractivity contribution in [3.05, 3.63) is 23.3 Å². The topological polar surface area (TPSA) is 34.1 Å². The zero-order valence-electron chi connectivity index (χ0n) is 7.95. The van der Waals surface area contributed by atoms with E-state index in [-0.39, 0.29) is 11.6 Å². The normalized spacial score (nSPS) is 27.4. The summed E-state index contributed by atoms with van der Waals surface area (Å²) >= 11 is 0. The Labute approximate surface area is 82.7 Å². The number of hydrogen-bond acceptors (Lipinski definition) is 2. The summed E-state index contributed by atoms with van der Waals surface area (Å²) in [5.74, 6) is 0.968. The van der Waals surface area contributed by atoms with E-state index in [4.69, 9.17) is 0 Å². The lowest BCUT2D eigenvalue weighted by atomic mass is 9.92. The number of ketones is 2. The summed E-state index contributed by atoms with van der Waals surface area (Å²) in [6.45, 7) is 0. The molecule has 2 nitrogen and oxygen atoms in total. The SMILES string of the molecule is O=C1C=C(C2CC2)C(=O)C=C1C1CC1. The minimum atomic E-state index is 0.0917. The van der Waals surface area contributed by atoms with E-state index < -0.39 is 0 Å². The van der Waals surface area contributed by atoms with E-state index in [0.717, 1.165) is 36.8 Å². The summed E-state index contributed by atoms with van der Waals surface area (Å²) in [5.41, 5.74) is 1.53. The second kappa shape index (κ2) is 2.66. The van der Waals surface area contributed by atoms with Crippen LogP contribution in [0.4, 0.5) is 0 Å². The molecule has 0 spiro atoms. The van der Waals surface area contributed by atoms with Crippen LogP contribution in [0.2, 0.25) is 0 Å². The first kappa shape index (κ1) is 8.16. The minimum Gasteiger partial charge on any atom is -0.290 e. The van der Waals surface area contributed by atoms with Gasteiger partial charge in [0.2, 0.25) is 0 Å². The van der Waals surface area contributed by atoms with Crippen molar-refractivity contribution < 1.29 is 9.59 Å². The van der Waals surface area contributed by atoms with E-state index in [1.54, 1.807) is 12.2 Å². The fourth-order valence-electron chi connectivity index (χ4n) is 2.02. The molecule has 0 radical (unpaired) electrons. The summed E-state index contributed by atoms with van der Waals surface area (Å²) in [4.78, 5) is 23.3. The van der Waals surface area contributed by atoms with Gasteiger partial charge < -0.3 is 0 Å². The van der Waals surface area contributed by atoms with Gasteiger partial charge in [0.05, 0.1) is 0 Å². The summed E-state index contributed by atoms with van der Waals surface area (Å²) in [7, 11) is 0. The van der Waals surface area contributed by atoms with Gasteiger partial charge >= 0.3 is 0 Å². The Balaban J connectivity index is 1.90. The van der Waals surface area contributed by atoms with Crippen LogP contribution in [0.15, 0.2) is 23.3 Å². The van der Waals surface area contributed by atoms with Crippen molar-refractivity contribution in [2.75, 3.05) is 0 Å². The lowest BCUT2D eigenvalue weighted by Gasteiger charge is -2.10. The molecule has 3 aliphatic rings. The molecule has 0 unspecified atom stereocenters. The number of rotatable bonds is 2. The van der Waals surface area contributed by atoms with E-state index in [0.29, 0.717) is 11.8 Å². The number of carbonyl (C=O) groups is 2. The number of carbonyl (C=O) groups excluding carboxylic acids is 2. The monoisotopic (exact) mass is 188 g/mol. The smallest absolute Gasteiger partial charge is 0.182 e. The molecule has 0 aromatic carbocycles. The average molecular weight is 188 g/mol. The molecule has 0 aromatic rings. The quantitative estimate of drug-likeness (QED) is 0.619. The summed E-state index contributed by atoms with van der Waals surface area (Å²) < 4.78 is 0. The predicted octanol–water partition coefficient (Wildman–Crippen LogP) is 1.81. The first-order chi connectivity index (χ1) is 6.75. The Bertz CT molecular complexity index is 341. The van der Waals surface area contributed by atoms with Gasteiger partial charge in [-0.2, -0.15) is 0 Å². The van der Waals surface area contributed by atoms with Crippen LogP contribution in [-0.2, 0) is 9.59 Å². The molecule has 2 heteroatoms. The third-order valence-electron chi connectivity index (χ3n) is 3.18. The standard InChI is InChI=1S/C12H12O2/c13-11-6-10(8-3-4-8)12(14)5-9(11)7-1-2-7/h5-8H,1-4H2. The van der Waals surface area contributed by atoms with Crippen LogP contribution in [0.1, 0.15) is 25.7 Å². The van der Waals surface area contributed by atoms with Crippen molar-refractivity contribution in [1.82, 2.24) is 0 Å². The van der Waals surface area contributed by atoms with Crippen LogP contribution in [0.3, 0.4) is 0 Å². The minimum absolute atomic E-state index is 0.0917. The Morgan fingerprint density at radius 1 is 0.786 bits per heavy atom. The fourth-order valence-corrected chi connectivity index (χ4v) is 2.02. The van der Waals surface area contributed by atoms with Gasteiger partial charge in [-0.05, 0) is 49.7 Å². The molecule has 2 fully saturated rings. The molecule has 0 saturated heterocycles. The van der Waals surface area contributed by atoms with Gasteiger partial charge in [-0.15, -0.1) is 0 Å². The maximum Gasteiger partial charge on any atom is 0.182 e. The molecule has 3 aliphatic carbocycles. The third-order valence-corrected chi connectivity index (χ3v) is 3.18. The molecule has 0 bridgehead atoms. The molecule has 72 valence electrons. The Morgan fingerprint density at radius 3 is 1.43 bits per heavy atom. The number of hydrogen-bond donors (Lipinski definition) is 0. The highest BCUT2D eigenvalue weighted by atomic mass is 16.1. The molecule has 0 aromatic heterocycles. The van der Waals surface area contributed by atoms with E-state index >= 15 is 0 Å². The highest BCUT2D eigenvalue weighted by Gasteiger charge is 2.37. The van der Waals surface area contributed by atoms with Crippen molar-refractivity contribution in [3.63, 3.8) is 0 Å². The van der Waals surface area contributed by atoms with Crippen molar-refractivity contribution in [3.8, 4) is 0 Å². The molecule has 2 saturated carbocycles. The molecular formula is C12H12O2. The van der Waals surface area contributed by atoms with E-state index in [2.05, 4.69) is 0 Å². The van der Waals surface area contributed by atoms with Crippen LogP contribution in [-0.4, -0.2) is 11.6 Å². The van der Waals surface area contributed by atoms with Crippen LogP contribution >= 0.6 is 0 Å². The van der Waals surface area contributed by atoms with Gasteiger partial charge in [-0.3, -0.25) is 9.59 Å². The molecule has 0 heterocycles. The largest absolute Gasteiger partial charge is 0.290 e. The van der Waals surface area contributed by atoms with Crippen LogP contribution in [0.25, 0.3) is 0 Å². The van der Waals surface area contributed by atoms with Crippen LogP contribution in [0, 0.1) is 11.8 Å². The van der Waals surface area contributed by atoms with Gasteiger partial charge in [0.25, 0.3) is 0 Å². The molecule has 0 atom stereocenters. The van der Waals surface area contributed by atoms with Gasteiger partial charge in [-0.1, -0.05) is 0 Å². The van der Waals surface area contributed by atoms with E-state index in [1.165, 1.54) is 0 Å². The Morgan fingerprint density at radius 2 is 1.14 bits per heavy atom. The van der Waals surface area contributed by atoms with Gasteiger partial charge in [0.1, 0.15) is 0 Å². The molecular weight excluding hydrogens is 176 g/mol. The zero-order valence-corrected chi connectivity index (χ0v) is 7.95. The summed E-state index contributed by atoms with van der Waals surface area (Å²) in [6, 6.07) is 0. The van der Waals surface area contributed by atoms with Crippen LogP contribution < -0.4 is 0 Å². The van der Waals surface area contributed by atoms with E-state index in [1.807, 2.05) is 0 Å². The van der Waals surface area contributed by atoms with Crippen LogP contribution in [0.5, 0.6) is 0 Å². The zero-order chi connectivity index (χ0) is 9.71. The van der Waals surface area contributed by atoms with Gasteiger partial charge in [0, 0.05) is 11.1 Å². The number of allylic oxidation sites excluding steroid dienone is 4. The van der Waals surface area contributed by atoms with Gasteiger partial charge in [0.15, 0.2) is 11.6 Å². The molecule has 0 N–H and O–H groups in total. The lowest BCUT2D eigenvalue weighted by Crippen LogP contribution is -2.15. The Hall–Kier alpha value is -1.18. The maximum atomic E-state index is 11.7.